The van der Waals surface area contributed by atoms with Gasteiger partial charge in [-0.3, -0.25) is 0 Å². The number of methoxy groups -OCH3 is 1. The number of ether oxygens (including phenoxy) is 1. The molecule has 0 aliphatic heterocycles. The summed E-state index contributed by atoms with van der Waals surface area (Å²) in [5, 5.41) is 3.71. The molecule has 0 atom stereocenters. The van der Waals surface area contributed by atoms with E-state index in [9.17, 15) is 4.39 Å². The van der Waals surface area contributed by atoms with E-state index in [0.29, 0.717) is 5.02 Å². The Morgan fingerprint density at radius 1 is 1.29 bits per heavy atom. The van der Waals surface area contributed by atoms with Gasteiger partial charge < -0.3 is 10.1 Å². The number of hydrogen-bond donors (Lipinski definition) is 1. The average molecular weight is 260 g/mol. The topological polar surface area (TPSA) is 21.3 Å². The molecule has 1 aromatic carbocycles. The summed E-state index contributed by atoms with van der Waals surface area (Å²) in [6.07, 6.45) is 2.76. The number of aryl methyl sites for hydroxylation is 1. The highest BCUT2D eigenvalue weighted by atomic mass is 35.5. The predicted octanol–water partition coefficient (Wildman–Crippen LogP) is 3.04. The lowest BCUT2D eigenvalue weighted by Crippen LogP contribution is -2.20. The average Bonchev–Trinajstić information content (AvgIpc) is 2.30. The van der Waals surface area contributed by atoms with E-state index in [4.69, 9.17) is 16.3 Å². The van der Waals surface area contributed by atoms with Crippen LogP contribution in [0.5, 0.6) is 0 Å². The van der Waals surface area contributed by atoms with Crippen molar-refractivity contribution in [2.45, 2.75) is 19.3 Å². The maximum absolute atomic E-state index is 13.4. The molecule has 0 saturated heterocycles. The fourth-order valence-corrected chi connectivity index (χ4v) is 1.75. The monoisotopic (exact) mass is 259 g/mol. The maximum Gasteiger partial charge on any atom is 0.127 e. The van der Waals surface area contributed by atoms with Crippen LogP contribution < -0.4 is 5.32 Å². The molecular formula is C13H19ClFNO. The minimum Gasteiger partial charge on any atom is -0.383 e. The molecular weight excluding hydrogens is 241 g/mol. The summed E-state index contributed by atoms with van der Waals surface area (Å²) >= 11 is 5.69. The Morgan fingerprint density at radius 2 is 2.12 bits per heavy atom. The molecule has 0 aliphatic carbocycles. The Morgan fingerprint density at radius 3 is 2.82 bits per heavy atom. The van der Waals surface area contributed by atoms with Crippen molar-refractivity contribution in [3.63, 3.8) is 0 Å². The van der Waals surface area contributed by atoms with E-state index in [-0.39, 0.29) is 5.82 Å². The first-order valence-electron chi connectivity index (χ1n) is 5.87. The molecule has 0 aliphatic rings. The van der Waals surface area contributed by atoms with Crippen molar-refractivity contribution >= 4 is 11.6 Å². The van der Waals surface area contributed by atoms with Crippen LogP contribution in [0.15, 0.2) is 18.2 Å². The van der Waals surface area contributed by atoms with E-state index >= 15 is 0 Å². The summed E-state index contributed by atoms with van der Waals surface area (Å²) in [4.78, 5) is 0. The van der Waals surface area contributed by atoms with E-state index < -0.39 is 0 Å². The van der Waals surface area contributed by atoms with Gasteiger partial charge in [-0.15, -0.1) is 0 Å². The molecule has 0 bridgehead atoms. The fourth-order valence-electron chi connectivity index (χ4n) is 1.59. The number of halogens is 2. The van der Waals surface area contributed by atoms with Crippen LogP contribution in [0.2, 0.25) is 5.02 Å². The van der Waals surface area contributed by atoms with E-state index in [0.717, 1.165) is 44.5 Å². The molecule has 0 heterocycles. The Labute approximate surface area is 107 Å². The van der Waals surface area contributed by atoms with Gasteiger partial charge in [0.15, 0.2) is 0 Å². The molecule has 0 fully saturated rings. The highest BCUT2D eigenvalue weighted by Gasteiger charge is 2.02. The molecule has 4 heteroatoms. The zero-order valence-corrected chi connectivity index (χ0v) is 10.9. The van der Waals surface area contributed by atoms with Crippen molar-refractivity contribution in [3.05, 3.63) is 34.6 Å². The summed E-state index contributed by atoms with van der Waals surface area (Å²) in [5.74, 6) is -0.204. The molecule has 0 radical (unpaired) electrons. The molecule has 96 valence electrons. The van der Waals surface area contributed by atoms with E-state index in [2.05, 4.69) is 5.32 Å². The number of hydrogen-bond acceptors (Lipinski definition) is 2. The van der Waals surface area contributed by atoms with Crippen LogP contribution in [-0.4, -0.2) is 26.8 Å². The van der Waals surface area contributed by atoms with E-state index in [1.165, 1.54) is 6.07 Å². The first-order chi connectivity index (χ1) is 8.24. The SMILES string of the molecule is COCCNCCCCc1ccc(Cl)cc1F. The molecule has 1 aromatic rings. The van der Waals surface area contributed by atoms with E-state index in [1.54, 1.807) is 19.2 Å². The highest BCUT2D eigenvalue weighted by Crippen LogP contribution is 2.16. The van der Waals surface area contributed by atoms with Crippen LogP contribution in [0.25, 0.3) is 0 Å². The fraction of sp³-hybridized carbons (Fsp3) is 0.538. The Kier molecular flexibility index (Phi) is 7.17. The lowest BCUT2D eigenvalue weighted by atomic mass is 10.1. The van der Waals surface area contributed by atoms with Crippen LogP contribution in [0.3, 0.4) is 0 Å². The maximum atomic E-state index is 13.4. The highest BCUT2D eigenvalue weighted by molar-refractivity contribution is 6.30. The quantitative estimate of drug-likeness (QED) is 0.725. The van der Waals surface area contributed by atoms with Crippen LogP contribution >= 0.6 is 11.6 Å². The summed E-state index contributed by atoms with van der Waals surface area (Å²) in [5.41, 5.74) is 0.742. The van der Waals surface area contributed by atoms with Crippen LogP contribution in [0.4, 0.5) is 4.39 Å². The third kappa shape index (κ3) is 6.01. The van der Waals surface area contributed by atoms with Gasteiger partial charge in [0.2, 0.25) is 0 Å². The smallest absolute Gasteiger partial charge is 0.127 e. The predicted molar refractivity (Wildman–Crippen MR) is 69.1 cm³/mol. The van der Waals surface area contributed by atoms with Crippen molar-refractivity contribution in [3.8, 4) is 0 Å². The molecule has 0 aromatic heterocycles. The lowest BCUT2D eigenvalue weighted by molar-refractivity contribution is 0.199. The Hall–Kier alpha value is -0.640. The molecule has 1 rings (SSSR count). The summed E-state index contributed by atoms with van der Waals surface area (Å²) in [6.45, 7) is 2.54. The third-order valence-corrected chi connectivity index (χ3v) is 2.78. The minimum absolute atomic E-state index is 0.204. The van der Waals surface area contributed by atoms with Crippen molar-refractivity contribution < 1.29 is 9.13 Å². The Balaban J connectivity index is 2.14. The normalized spacial score (nSPS) is 10.8. The number of rotatable bonds is 8. The van der Waals surface area contributed by atoms with E-state index in [1.807, 2.05) is 0 Å². The number of unbranched alkanes of at least 4 members (excludes halogenated alkanes) is 1. The second-order valence-electron chi connectivity index (χ2n) is 3.94. The largest absolute Gasteiger partial charge is 0.383 e. The van der Waals surface area contributed by atoms with Crippen LogP contribution in [0, 0.1) is 5.82 Å². The first-order valence-corrected chi connectivity index (χ1v) is 6.25. The van der Waals surface area contributed by atoms with Gasteiger partial charge in [0, 0.05) is 18.7 Å². The lowest BCUT2D eigenvalue weighted by Gasteiger charge is -2.05. The first kappa shape index (κ1) is 14.4. The molecule has 17 heavy (non-hydrogen) atoms. The van der Waals surface area contributed by atoms with Crippen molar-refractivity contribution in [1.82, 2.24) is 5.32 Å². The Bertz CT molecular complexity index is 333. The second kappa shape index (κ2) is 8.45. The van der Waals surface area contributed by atoms with Crippen molar-refractivity contribution in [2.24, 2.45) is 0 Å². The summed E-state index contributed by atoms with van der Waals surface area (Å²) in [6, 6.07) is 4.86. The zero-order chi connectivity index (χ0) is 12.5. The van der Waals surface area contributed by atoms with Crippen molar-refractivity contribution in [2.75, 3.05) is 26.8 Å². The number of benzene rings is 1. The van der Waals surface area contributed by atoms with Crippen molar-refractivity contribution in [1.29, 1.82) is 0 Å². The minimum atomic E-state index is -0.204. The molecule has 0 unspecified atom stereocenters. The summed E-state index contributed by atoms with van der Waals surface area (Å²) in [7, 11) is 1.69. The van der Waals surface area contributed by atoms with Gasteiger partial charge in [-0.2, -0.15) is 0 Å². The van der Waals surface area contributed by atoms with Gasteiger partial charge in [-0.05, 0) is 43.5 Å². The van der Waals surface area contributed by atoms with Gasteiger partial charge in [-0.25, -0.2) is 4.39 Å². The van der Waals surface area contributed by atoms with Crippen LogP contribution in [0.1, 0.15) is 18.4 Å². The summed E-state index contributed by atoms with van der Waals surface area (Å²) < 4.78 is 18.3. The molecule has 1 N–H and O–H groups in total. The number of nitrogens with one attached hydrogen (secondary N) is 1. The van der Waals surface area contributed by atoms with Gasteiger partial charge in [0.25, 0.3) is 0 Å². The van der Waals surface area contributed by atoms with Gasteiger partial charge in [0.1, 0.15) is 5.82 Å². The molecule has 0 saturated carbocycles. The van der Waals surface area contributed by atoms with Gasteiger partial charge in [-0.1, -0.05) is 17.7 Å². The standard InChI is InChI=1S/C13H19ClFNO/c1-17-9-8-16-7-3-2-4-11-5-6-12(14)10-13(11)15/h5-6,10,16H,2-4,7-9H2,1H3. The van der Waals surface area contributed by atoms with Crippen LogP contribution in [-0.2, 0) is 11.2 Å². The van der Waals surface area contributed by atoms with Gasteiger partial charge >= 0.3 is 0 Å². The third-order valence-electron chi connectivity index (χ3n) is 2.55. The molecule has 0 amide bonds. The molecule has 2 nitrogen and oxygen atoms in total. The molecule has 0 spiro atoms. The second-order valence-corrected chi connectivity index (χ2v) is 4.37. The zero-order valence-electron chi connectivity index (χ0n) is 10.1. The van der Waals surface area contributed by atoms with Gasteiger partial charge in [0.05, 0.1) is 6.61 Å².